The van der Waals surface area contributed by atoms with Crippen LogP contribution in [0.25, 0.3) is 0 Å². The van der Waals surface area contributed by atoms with Gasteiger partial charge in [0.15, 0.2) is 0 Å². The van der Waals surface area contributed by atoms with Crippen molar-refractivity contribution in [3.8, 4) is 0 Å². The normalized spacial score (nSPS) is 21.3. The number of nitrogens with zero attached hydrogens (tertiary/aromatic N) is 2. The Bertz CT molecular complexity index is 334. The van der Waals surface area contributed by atoms with Crippen LogP contribution in [0.5, 0.6) is 0 Å². The zero-order valence-corrected chi connectivity index (χ0v) is 10.4. The summed E-state index contributed by atoms with van der Waals surface area (Å²) in [6.07, 6.45) is 5.12. The average molecular weight is 223 g/mol. The maximum atomic E-state index is 5.34. The van der Waals surface area contributed by atoms with E-state index in [0.717, 1.165) is 25.4 Å². The molecule has 16 heavy (non-hydrogen) atoms. The fraction of sp³-hybridized carbons (Fsp3) is 0.750. The third kappa shape index (κ3) is 2.76. The molecule has 0 saturated carbocycles. The van der Waals surface area contributed by atoms with Crippen LogP contribution in [0.15, 0.2) is 12.4 Å². The molecule has 1 aromatic rings. The van der Waals surface area contributed by atoms with Gasteiger partial charge in [0.1, 0.15) is 0 Å². The van der Waals surface area contributed by atoms with Crippen molar-refractivity contribution in [1.29, 1.82) is 0 Å². The van der Waals surface area contributed by atoms with E-state index in [9.17, 15) is 0 Å². The SMILES string of the molecule is CC(C)(C)n1cc(NCC2CCOC2)cn1. The minimum absolute atomic E-state index is 0.0520. The van der Waals surface area contributed by atoms with Crippen molar-refractivity contribution < 1.29 is 4.74 Å². The van der Waals surface area contributed by atoms with Crippen molar-refractivity contribution >= 4 is 5.69 Å². The van der Waals surface area contributed by atoms with Gasteiger partial charge in [-0.15, -0.1) is 0 Å². The van der Waals surface area contributed by atoms with Gasteiger partial charge in [-0.25, -0.2) is 0 Å². The van der Waals surface area contributed by atoms with Gasteiger partial charge in [0, 0.05) is 25.3 Å². The monoisotopic (exact) mass is 223 g/mol. The summed E-state index contributed by atoms with van der Waals surface area (Å²) in [7, 11) is 0. The Balaban J connectivity index is 1.87. The fourth-order valence-corrected chi connectivity index (χ4v) is 1.79. The first-order chi connectivity index (χ1) is 7.55. The van der Waals surface area contributed by atoms with E-state index in [-0.39, 0.29) is 5.54 Å². The van der Waals surface area contributed by atoms with Crippen molar-refractivity contribution in [2.24, 2.45) is 5.92 Å². The quantitative estimate of drug-likeness (QED) is 0.852. The van der Waals surface area contributed by atoms with Gasteiger partial charge in [0.25, 0.3) is 0 Å². The lowest BCUT2D eigenvalue weighted by Crippen LogP contribution is -2.22. The van der Waals surface area contributed by atoms with Crippen LogP contribution < -0.4 is 5.32 Å². The van der Waals surface area contributed by atoms with Crippen LogP contribution >= 0.6 is 0 Å². The maximum Gasteiger partial charge on any atom is 0.0726 e. The molecule has 1 aliphatic rings. The lowest BCUT2D eigenvalue weighted by Gasteiger charge is -2.18. The minimum Gasteiger partial charge on any atom is -0.382 e. The summed E-state index contributed by atoms with van der Waals surface area (Å²) in [5.41, 5.74) is 1.15. The topological polar surface area (TPSA) is 39.1 Å². The van der Waals surface area contributed by atoms with E-state index in [1.165, 1.54) is 6.42 Å². The molecule has 4 heteroatoms. The first kappa shape index (κ1) is 11.5. The molecule has 0 radical (unpaired) electrons. The molecule has 90 valence electrons. The molecule has 1 atom stereocenters. The van der Waals surface area contributed by atoms with E-state index in [0.29, 0.717) is 5.92 Å². The van der Waals surface area contributed by atoms with Gasteiger partial charge < -0.3 is 10.1 Å². The van der Waals surface area contributed by atoms with Gasteiger partial charge in [-0.2, -0.15) is 5.10 Å². The van der Waals surface area contributed by atoms with Crippen molar-refractivity contribution in [1.82, 2.24) is 9.78 Å². The Hall–Kier alpha value is -1.03. The van der Waals surface area contributed by atoms with Gasteiger partial charge in [0.05, 0.1) is 24.0 Å². The molecule has 1 fully saturated rings. The van der Waals surface area contributed by atoms with Crippen molar-refractivity contribution in [2.45, 2.75) is 32.7 Å². The zero-order chi connectivity index (χ0) is 11.6. The zero-order valence-electron chi connectivity index (χ0n) is 10.4. The molecule has 2 rings (SSSR count). The highest BCUT2D eigenvalue weighted by Crippen LogP contribution is 2.17. The van der Waals surface area contributed by atoms with E-state index in [1.54, 1.807) is 0 Å². The molecule has 1 aliphatic heterocycles. The summed E-state index contributed by atoms with van der Waals surface area (Å²) in [5.74, 6) is 0.651. The second kappa shape index (κ2) is 4.45. The van der Waals surface area contributed by atoms with Gasteiger partial charge >= 0.3 is 0 Å². The van der Waals surface area contributed by atoms with Gasteiger partial charge in [-0.3, -0.25) is 4.68 Å². The first-order valence-electron chi connectivity index (χ1n) is 5.92. The molecule has 1 aromatic heterocycles. The van der Waals surface area contributed by atoms with E-state index < -0.39 is 0 Å². The first-order valence-corrected chi connectivity index (χ1v) is 5.92. The Labute approximate surface area is 97.0 Å². The van der Waals surface area contributed by atoms with Crippen LogP contribution in [-0.2, 0) is 10.3 Å². The van der Waals surface area contributed by atoms with Crippen molar-refractivity contribution in [3.05, 3.63) is 12.4 Å². The largest absolute Gasteiger partial charge is 0.382 e. The molecule has 1 N–H and O–H groups in total. The summed E-state index contributed by atoms with van der Waals surface area (Å²) in [5, 5.41) is 7.77. The average Bonchev–Trinajstić information content (AvgIpc) is 2.85. The summed E-state index contributed by atoms with van der Waals surface area (Å²) >= 11 is 0. The molecule has 4 nitrogen and oxygen atoms in total. The van der Waals surface area contributed by atoms with E-state index in [2.05, 4.69) is 37.4 Å². The number of anilines is 1. The lowest BCUT2D eigenvalue weighted by molar-refractivity contribution is 0.187. The Morgan fingerprint density at radius 3 is 2.94 bits per heavy atom. The number of rotatable bonds is 3. The second-order valence-corrected chi connectivity index (χ2v) is 5.45. The molecule has 0 aromatic carbocycles. The van der Waals surface area contributed by atoms with Crippen LogP contribution in [0.1, 0.15) is 27.2 Å². The molecule has 1 unspecified atom stereocenters. The fourth-order valence-electron chi connectivity index (χ4n) is 1.79. The molecule has 0 bridgehead atoms. The molecular formula is C12H21N3O. The minimum atomic E-state index is 0.0520. The standard InChI is InChI=1S/C12H21N3O/c1-12(2,3)15-8-11(7-14-15)13-6-10-4-5-16-9-10/h7-8,10,13H,4-6,9H2,1-3H3. The Morgan fingerprint density at radius 2 is 2.38 bits per heavy atom. The lowest BCUT2D eigenvalue weighted by atomic mass is 10.1. The smallest absolute Gasteiger partial charge is 0.0726 e. The third-order valence-corrected chi connectivity index (χ3v) is 2.89. The predicted octanol–water partition coefficient (Wildman–Crippen LogP) is 2.09. The Kier molecular flexibility index (Phi) is 3.19. The van der Waals surface area contributed by atoms with Gasteiger partial charge in [0.2, 0.25) is 0 Å². The van der Waals surface area contributed by atoms with Crippen molar-refractivity contribution in [2.75, 3.05) is 25.1 Å². The Morgan fingerprint density at radius 1 is 1.56 bits per heavy atom. The predicted molar refractivity (Wildman–Crippen MR) is 64.6 cm³/mol. The van der Waals surface area contributed by atoms with Crippen molar-refractivity contribution in [3.63, 3.8) is 0 Å². The molecule has 1 saturated heterocycles. The highest BCUT2D eigenvalue weighted by Gasteiger charge is 2.17. The van der Waals surface area contributed by atoms with Crippen LogP contribution in [-0.4, -0.2) is 29.5 Å². The van der Waals surface area contributed by atoms with Crippen LogP contribution in [0, 0.1) is 5.92 Å². The van der Waals surface area contributed by atoms with E-state index in [1.807, 2.05) is 10.9 Å². The molecular weight excluding hydrogens is 202 g/mol. The number of nitrogens with one attached hydrogen (secondary N) is 1. The van der Waals surface area contributed by atoms with Crippen LogP contribution in [0.3, 0.4) is 0 Å². The van der Waals surface area contributed by atoms with Crippen LogP contribution in [0.2, 0.25) is 0 Å². The summed E-state index contributed by atoms with van der Waals surface area (Å²) in [6, 6.07) is 0. The van der Waals surface area contributed by atoms with E-state index >= 15 is 0 Å². The molecule has 0 amide bonds. The van der Waals surface area contributed by atoms with Gasteiger partial charge in [-0.05, 0) is 27.2 Å². The highest BCUT2D eigenvalue weighted by atomic mass is 16.5. The maximum absolute atomic E-state index is 5.34. The molecule has 0 aliphatic carbocycles. The highest BCUT2D eigenvalue weighted by molar-refractivity contribution is 5.38. The number of hydrogen-bond acceptors (Lipinski definition) is 3. The van der Waals surface area contributed by atoms with Crippen LogP contribution in [0.4, 0.5) is 5.69 Å². The number of aromatic nitrogens is 2. The summed E-state index contributed by atoms with van der Waals surface area (Å²) in [6.45, 7) is 9.22. The van der Waals surface area contributed by atoms with E-state index in [4.69, 9.17) is 4.74 Å². The summed E-state index contributed by atoms with van der Waals surface area (Å²) in [4.78, 5) is 0. The number of ether oxygens (including phenoxy) is 1. The molecule has 0 spiro atoms. The third-order valence-electron chi connectivity index (χ3n) is 2.89. The summed E-state index contributed by atoms with van der Waals surface area (Å²) < 4.78 is 7.33. The van der Waals surface area contributed by atoms with Gasteiger partial charge in [-0.1, -0.05) is 0 Å². The number of hydrogen-bond donors (Lipinski definition) is 1. The second-order valence-electron chi connectivity index (χ2n) is 5.45. The molecule has 2 heterocycles.